The molecule has 4 heteroatoms. The fourth-order valence-corrected chi connectivity index (χ4v) is 2.95. The molecule has 0 aromatic rings. The highest BCUT2D eigenvalue weighted by Crippen LogP contribution is 2.44. The molecule has 2 nitrogen and oxygen atoms in total. The Morgan fingerprint density at radius 3 is 2.91 bits per heavy atom. The molecule has 0 saturated carbocycles. The van der Waals surface area contributed by atoms with E-state index in [1.807, 2.05) is 18.2 Å². The van der Waals surface area contributed by atoms with Gasteiger partial charge in [0.1, 0.15) is 0 Å². The van der Waals surface area contributed by atoms with Crippen molar-refractivity contribution in [3.05, 3.63) is 33.1 Å². The van der Waals surface area contributed by atoms with Gasteiger partial charge >= 0.3 is 0 Å². The maximum atomic E-state index is 5.71. The Morgan fingerprint density at radius 2 is 2.09 bits per heavy atom. The van der Waals surface area contributed by atoms with Gasteiger partial charge in [-0.15, -0.1) is 11.8 Å². The van der Waals surface area contributed by atoms with Gasteiger partial charge in [-0.3, -0.25) is 0 Å². The summed E-state index contributed by atoms with van der Waals surface area (Å²) in [5.41, 5.74) is 11.3. The van der Waals surface area contributed by atoms with Gasteiger partial charge in [0, 0.05) is 9.81 Å². The summed E-state index contributed by atoms with van der Waals surface area (Å²) in [6, 6.07) is 0. The van der Waals surface area contributed by atoms with Gasteiger partial charge in [-0.1, -0.05) is 11.8 Å². The summed E-state index contributed by atoms with van der Waals surface area (Å²) >= 11 is 3.27. The Morgan fingerprint density at radius 1 is 1.27 bits per heavy atom. The minimum Gasteiger partial charge on any atom is -0.393 e. The molecule has 58 valence electrons. The SMILES string of the molecule is NC1=CC=C2SC(N)C=C2S1. The molecular weight excluding hydrogens is 176 g/mol. The summed E-state index contributed by atoms with van der Waals surface area (Å²) < 4.78 is 0. The predicted octanol–water partition coefficient (Wildman–Crippen LogP) is 1.33. The van der Waals surface area contributed by atoms with Crippen LogP contribution in [-0.2, 0) is 0 Å². The second-order valence-electron chi connectivity index (χ2n) is 2.32. The molecule has 2 aliphatic heterocycles. The van der Waals surface area contributed by atoms with E-state index in [2.05, 4.69) is 0 Å². The maximum Gasteiger partial charge on any atom is 0.0755 e. The second-order valence-corrected chi connectivity index (χ2v) is 4.65. The molecule has 1 atom stereocenters. The summed E-state index contributed by atoms with van der Waals surface area (Å²) in [5, 5.41) is 0.956. The van der Waals surface area contributed by atoms with Crippen molar-refractivity contribution in [1.29, 1.82) is 0 Å². The molecule has 4 N–H and O–H groups in total. The molecule has 2 rings (SSSR count). The first kappa shape index (κ1) is 7.34. The van der Waals surface area contributed by atoms with Crippen molar-refractivity contribution in [2.45, 2.75) is 5.37 Å². The van der Waals surface area contributed by atoms with E-state index in [4.69, 9.17) is 11.5 Å². The Balaban J connectivity index is 2.32. The smallest absolute Gasteiger partial charge is 0.0755 e. The largest absolute Gasteiger partial charge is 0.393 e. The zero-order valence-corrected chi connectivity index (χ0v) is 7.41. The topological polar surface area (TPSA) is 52.0 Å². The Bertz CT molecular complexity index is 278. The highest BCUT2D eigenvalue weighted by atomic mass is 32.2. The van der Waals surface area contributed by atoms with E-state index < -0.39 is 0 Å². The van der Waals surface area contributed by atoms with Crippen LogP contribution in [0.15, 0.2) is 33.1 Å². The lowest BCUT2D eigenvalue weighted by molar-refractivity contribution is 1.18. The van der Waals surface area contributed by atoms with Crippen molar-refractivity contribution in [2.75, 3.05) is 0 Å². The van der Waals surface area contributed by atoms with Crippen LogP contribution in [0.2, 0.25) is 0 Å². The predicted molar refractivity (Wildman–Crippen MR) is 51.6 cm³/mol. The maximum absolute atomic E-state index is 5.71. The molecule has 0 radical (unpaired) electrons. The molecule has 0 aromatic heterocycles. The zero-order chi connectivity index (χ0) is 7.84. The lowest BCUT2D eigenvalue weighted by atomic mass is 10.4. The van der Waals surface area contributed by atoms with E-state index in [1.165, 1.54) is 9.81 Å². The molecule has 0 aliphatic carbocycles. The first-order valence-electron chi connectivity index (χ1n) is 3.25. The fourth-order valence-electron chi connectivity index (χ4n) is 0.995. The molecule has 0 aromatic carbocycles. The minimum absolute atomic E-state index is 0.114. The van der Waals surface area contributed by atoms with Crippen molar-refractivity contribution in [3.8, 4) is 0 Å². The van der Waals surface area contributed by atoms with Crippen molar-refractivity contribution in [3.63, 3.8) is 0 Å². The number of hydrogen-bond acceptors (Lipinski definition) is 4. The summed E-state index contributed by atoms with van der Waals surface area (Å²) in [4.78, 5) is 2.46. The molecular formula is C7H8N2S2. The third-order valence-corrected chi connectivity index (χ3v) is 3.54. The molecule has 2 aliphatic rings. The molecule has 2 heterocycles. The summed E-state index contributed by atoms with van der Waals surface area (Å²) in [6.07, 6.45) is 5.98. The molecule has 0 saturated heterocycles. The van der Waals surface area contributed by atoms with E-state index in [0.717, 1.165) is 5.03 Å². The van der Waals surface area contributed by atoms with Crippen LogP contribution in [-0.4, -0.2) is 5.37 Å². The first-order valence-corrected chi connectivity index (χ1v) is 4.95. The number of fused-ring (bicyclic) bond motifs is 1. The van der Waals surface area contributed by atoms with Gasteiger partial charge in [-0.25, -0.2) is 0 Å². The fraction of sp³-hybridized carbons (Fsp3) is 0.143. The monoisotopic (exact) mass is 184 g/mol. The van der Waals surface area contributed by atoms with Crippen molar-refractivity contribution < 1.29 is 0 Å². The third-order valence-electron chi connectivity index (χ3n) is 1.45. The number of allylic oxidation sites excluding steroid dienone is 2. The van der Waals surface area contributed by atoms with E-state index in [0.29, 0.717) is 0 Å². The van der Waals surface area contributed by atoms with Crippen LogP contribution < -0.4 is 11.5 Å². The van der Waals surface area contributed by atoms with Gasteiger partial charge in [0.25, 0.3) is 0 Å². The average Bonchev–Trinajstić information content (AvgIpc) is 2.27. The van der Waals surface area contributed by atoms with Crippen LogP contribution in [0.4, 0.5) is 0 Å². The van der Waals surface area contributed by atoms with Gasteiger partial charge in [0.2, 0.25) is 0 Å². The Kier molecular flexibility index (Phi) is 1.75. The highest BCUT2D eigenvalue weighted by Gasteiger charge is 2.21. The van der Waals surface area contributed by atoms with Crippen LogP contribution >= 0.6 is 23.5 Å². The van der Waals surface area contributed by atoms with Crippen LogP contribution in [0, 0.1) is 0 Å². The highest BCUT2D eigenvalue weighted by molar-refractivity contribution is 8.11. The lowest BCUT2D eigenvalue weighted by Gasteiger charge is -2.08. The number of rotatable bonds is 0. The van der Waals surface area contributed by atoms with E-state index >= 15 is 0 Å². The van der Waals surface area contributed by atoms with Gasteiger partial charge in [-0.05, 0) is 18.2 Å². The molecule has 11 heavy (non-hydrogen) atoms. The van der Waals surface area contributed by atoms with Crippen LogP contribution in [0.3, 0.4) is 0 Å². The quantitative estimate of drug-likeness (QED) is 0.596. The second kappa shape index (κ2) is 2.62. The molecule has 0 fully saturated rings. The van der Waals surface area contributed by atoms with Gasteiger partial charge in [0.05, 0.1) is 10.4 Å². The van der Waals surface area contributed by atoms with Gasteiger partial charge in [-0.2, -0.15) is 0 Å². The lowest BCUT2D eigenvalue weighted by Crippen LogP contribution is -2.07. The Hall–Kier alpha value is -0.320. The number of hydrogen-bond donors (Lipinski definition) is 2. The van der Waals surface area contributed by atoms with Crippen molar-refractivity contribution in [2.24, 2.45) is 11.5 Å². The number of thioether (sulfide) groups is 2. The molecule has 0 amide bonds. The van der Waals surface area contributed by atoms with Crippen LogP contribution in [0.25, 0.3) is 0 Å². The van der Waals surface area contributed by atoms with Crippen LogP contribution in [0.1, 0.15) is 0 Å². The minimum atomic E-state index is 0.114. The summed E-state index contributed by atoms with van der Waals surface area (Å²) in [6.45, 7) is 0. The van der Waals surface area contributed by atoms with Gasteiger partial charge < -0.3 is 11.5 Å². The Labute approximate surface area is 73.8 Å². The molecule has 0 spiro atoms. The molecule has 1 unspecified atom stereocenters. The third kappa shape index (κ3) is 1.34. The van der Waals surface area contributed by atoms with Gasteiger partial charge in [0.15, 0.2) is 0 Å². The van der Waals surface area contributed by atoms with Crippen molar-refractivity contribution >= 4 is 23.5 Å². The van der Waals surface area contributed by atoms with Crippen molar-refractivity contribution in [1.82, 2.24) is 0 Å². The summed E-state index contributed by atoms with van der Waals surface area (Å²) in [7, 11) is 0. The number of nitrogens with two attached hydrogens (primary N) is 2. The van der Waals surface area contributed by atoms with E-state index in [1.54, 1.807) is 23.5 Å². The average molecular weight is 184 g/mol. The van der Waals surface area contributed by atoms with Crippen LogP contribution in [0.5, 0.6) is 0 Å². The standard InChI is InChI=1S/C7H8N2S2/c8-6-2-1-4-5(11-6)3-7(9)10-4/h1-3,7H,8-9H2. The van der Waals surface area contributed by atoms with E-state index in [9.17, 15) is 0 Å². The normalized spacial score (nSPS) is 28.8. The molecule has 0 bridgehead atoms. The first-order chi connectivity index (χ1) is 5.25. The summed E-state index contributed by atoms with van der Waals surface area (Å²) in [5.74, 6) is 0. The zero-order valence-electron chi connectivity index (χ0n) is 5.78. The van der Waals surface area contributed by atoms with E-state index in [-0.39, 0.29) is 5.37 Å².